The van der Waals surface area contributed by atoms with E-state index in [0.717, 1.165) is 23.5 Å². The molecule has 0 aliphatic carbocycles. The van der Waals surface area contributed by atoms with Gasteiger partial charge in [-0.2, -0.15) is 0 Å². The number of fused-ring (bicyclic) bond motifs is 3. The lowest BCUT2D eigenvalue weighted by molar-refractivity contribution is 0.264. The van der Waals surface area contributed by atoms with E-state index in [2.05, 4.69) is 25.1 Å². The van der Waals surface area contributed by atoms with Crippen LogP contribution in [0.5, 0.6) is 11.5 Å². The Morgan fingerprint density at radius 1 is 1.33 bits per heavy atom. The molecule has 3 nitrogen and oxygen atoms in total. The molecule has 0 saturated carbocycles. The van der Waals surface area contributed by atoms with Gasteiger partial charge in [0.2, 0.25) is 0 Å². The van der Waals surface area contributed by atoms with Gasteiger partial charge in [0.05, 0.1) is 7.11 Å². The van der Waals surface area contributed by atoms with E-state index in [0.29, 0.717) is 6.61 Å². The maximum absolute atomic E-state index is 5.98. The molecule has 0 amide bonds. The van der Waals surface area contributed by atoms with E-state index in [-0.39, 0.29) is 6.04 Å². The molecule has 0 spiro atoms. The molecule has 0 fully saturated rings. The Bertz CT molecular complexity index is 607. The highest BCUT2D eigenvalue weighted by Crippen LogP contribution is 2.35. The van der Waals surface area contributed by atoms with Crippen LogP contribution in [0, 0.1) is 6.92 Å². The van der Waals surface area contributed by atoms with E-state index in [1.165, 1.54) is 16.3 Å². The SMILES string of the molecule is COc1cc2c3c(ccc2cc1C)OCC(N)C3. The Balaban J connectivity index is 2.26. The van der Waals surface area contributed by atoms with E-state index in [9.17, 15) is 0 Å². The van der Waals surface area contributed by atoms with E-state index < -0.39 is 0 Å². The predicted molar refractivity (Wildman–Crippen MR) is 72.4 cm³/mol. The summed E-state index contributed by atoms with van der Waals surface area (Å²) in [4.78, 5) is 0. The minimum absolute atomic E-state index is 0.0791. The summed E-state index contributed by atoms with van der Waals surface area (Å²) >= 11 is 0. The number of methoxy groups -OCH3 is 1. The molecule has 0 aromatic heterocycles. The summed E-state index contributed by atoms with van der Waals surface area (Å²) < 4.78 is 11.1. The zero-order chi connectivity index (χ0) is 12.7. The van der Waals surface area contributed by atoms with Gasteiger partial charge in [0.15, 0.2) is 0 Å². The molecule has 3 rings (SSSR count). The van der Waals surface area contributed by atoms with E-state index in [4.69, 9.17) is 15.2 Å². The number of aryl methyl sites for hydroxylation is 1. The number of hydrogen-bond donors (Lipinski definition) is 1. The average Bonchev–Trinajstić information content (AvgIpc) is 2.37. The fraction of sp³-hybridized carbons (Fsp3) is 0.333. The van der Waals surface area contributed by atoms with Crippen LogP contribution in [0.2, 0.25) is 0 Å². The molecule has 0 radical (unpaired) electrons. The zero-order valence-electron chi connectivity index (χ0n) is 10.7. The van der Waals surface area contributed by atoms with E-state index in [1.54, 1.807) is 7.11 Å². The van der Waals surface area contributed by atoms with Crippen molar-refractivity contribution in [2.24, 2.45) is 5.73 Å². The second kappa shape index (κ2) is 4.18. The second-order valence-electron chi connectivity index (χ2n) is 4.86. The van der Waals surface area contributed by atoms with Crippen molar-refractivity contribution in [3.05, 3.63) is 35.4 Å². The largest absolute Gasteiger partial charge is 0.496 e. The van der Waals surface area contributed by atoms with Crippen LogP contribution < -0.4 is 15.2 Å². The quantitative estimate of drug-likeness (QED) is 0.836. The third-order valence-electron chi connectivity index (χ3n) is 3.52. The minimum atomic E-state index is 0.0791. The molecule has 2 N–H and O–H groups in total. The molecule has 1 atom stereocenters. The van der Waals surface area contributed by atoms with Gasteiger partial charge in [-0.25, -0.2) is 0 Å². The fourth-order valence-electron chi connectivity index (χ4n) is 2.59. The van der Waals surface area contributed by atoms with Crippen molar-refractivity contribution in [1.82, 2.24) is 0 Å². The highest BCUT2D eigenvalue weighted by molar-refractivity contribution is 5.90. The van der Waals surface area contributed by atoms with Crippen LogP contribution in [-0.2, 0) is 6.42 Å². The molecule has 94 valence electrons. The Morgan fingerprint density at radius 3 is 2.94 bits per heavy atom. The summed E-state index contributed by atoms with van der Waals surface area (Å²) in [5.74, 6) is 1.87. The number of rotatable bonds is 1. The molecule has 18 heavy (non-hydrogen) atoms. The Hall–Kier alpha value is -1.74. The van der Waals surface area contributed by atoms with Crippen LogP contribution in [0.25, 0.3) is 10.8 Å². The summed E-state index contributed by atoms with van der Waals surface area (Å²) in [7, 11) is 1.70. The molecule has 1 aliphatic rings. The number of ether oxygens (including phenoxy) is 2. The summed E-state index contributed by atoms with van der Waals surface area (Å²) in [5, 5.41) is 2.40. The number of benzene rings is 2. The fourth-order valence-corrected chi connectivity index (χ4v) is 2.59. The molecule has 2 aromatic rings. The molecule has 0 bridgehead atoms. The molecule has 1 aliphatic heterocycles. The first kappa shape index (κ1) is 11.4. The van der Waals surface area contributed by atoms with Gasteiger partial charge in [-0.05, 0) is 47.9 Å². The molecule has 0 saturated heterocycles. The Morgan fingerprint density at radius 2 is 2.17 bits per heavy atom. The highest BCUT2D eigenvalue weighted by Gasteiger charge is 2.19. The van der Waals surface area contributed by atoms with Crippen molar-refractivity contribution in [3.63, 3.8) is 0 Å². The summed E-state index contributed by atoms with van der Waals surface area (Å²) in [6, 6.07) is 8.45. The first-order valence-electron chi connectivity index (χ1n) is 6.17. The zero-order valence-corrected chi connectivity index (χ0v) is 10.7. The van der Waals surface area contributed by atoms with Crippen LogP contribution in [0.15, 0.2) is 24.3 Å². The minimum Gasteiger partial charge on any atom is -0.496 e. The van der Waals surface area contributed by atoms with Crippen LogP contribution in [0.1, 0.15) is 11.1 Å². The maximum Gasteiger partial charge on any atom is 0.123 e. The molecular formula is C15H17NO2. The van der Waals surface area contributed by atoms with E-state index in [1.807, 2.05) is 6.07 Å². The van der Waals surface area contributed by atoms with Gasteiger partial charge in [0, 0.05) is 11.6 Å². The summed E-state index contributed by atoms with van der Waals surface area (Å²) in [6.45, 7) is 2.65. The predicted octanol–water partition coefficient (Wildman–Crippen LogP) is 2.42. The van der Waals surface area contributed by atoms with E-state index >= 15 is 0 Å². The van der Waals surface area contributed by atoms with Gasteiger partial charge in [-0.1, -0.05) is 6.07 Å². The Labute approximate surface area is 106 Å². The third-order valence-corrected chi connectivity index (χ3v) is 3.52. The summed E-state index contributed by atoms with van der Waals surface area (Å²) in [5.41, 5.74) is 8.33. The molecular weight excluding hydrogens is 226 g/mol. The van der Waals surface area contributed by atoms with Crippen molar-refractivity contribution in [1.29, 1.82) is 0 Å². The second-order valence-corrected chi connectivity index (χ2v) is 4.86. The maximum atomic E-state index is 5.98. The van der Waals surface area contributed by atoms with Crippen LogP contribution in [0.3, 0.4) is 0 Å². The molecule has 2 aromatic carbocycles. The van der Waals surface area contributed by atoms with Crippen LogP contribution in [0.4, 0.5) is 0 Å². The average molecular weight is 243 g/mol. The lowest BCUT2D eigenvalue weighted by Gasteiger charge is -2.24. The van der Waals surface area contributed by atoms with Gasteiger partial charge < -0.3 is 15.2 Å². The number of nitrogens with two attached hydrogens (primary N) is 1. The normalized spacial score (nSPS) is 18.3. The molecule has 1 unspecified atom stereocenters. The Kier molecular flexibility index (Phi) is 2.63. The monoisotopic (exact) mass is 243 g/mol. The smallest absolute Gasteiger partial charge is 0.123 e. The highest BCUT2D eigenvalue weighted by atomic mass is 16.5. The van der Waals surface area contributed by atoms with Crippen molar-refractivity contribution < 1.29 is 9.47 Å². The van der Waals surface area contributed by atoms with Crippen molar-refractivity contribution in [2.75, 3.05) is 13.7 Å². The van der Waals surface area contributed by atoms with Crippen molar-refractivity contribution in [2.45, 2.75) is 19.4 Å². The lowest BCUT2D eigenvalue weighted by Crippen LogP contribution is -2.33. The topological polar surface area (TPSA) is 44.5 Å². The standard InChI is InChI=1S/C15H17NO2/c1-9-5-10-3-4-14-13(6-11(16)8-18-14)12(10)7-15(9)17-2/h3-5,7,11H,6,8,16H2,1-2H3. The summed E-state index contributed by atoms with van der Waals surface area (Å²) in [6.07, 6.45) is 0.860. The number of hydrogen-bond acceptors (Lipinski definition) is 3. The first-order valence-corrected chi connectivity index (χ1v) is 6.17. The molecule has 3 heteroatoms. The van der Waals surface area contributed by atoms with Crippen molar-refractivity contribution in [3.8, 4) is 11.5 Å². The van der Waals surface area contributed by atoms with Gasteiger partial charge in [0.25, 0.3) is 0 Å². The van der Waals surface area contributed by atoms with Crippen LogP contribution >= 0.6 is 0 Å². The van der Waals surface area contributed by atoms with Gasteiger partial charge >= 0.3 is 0 Å². The van der Waals surface area contributed by atoms with Crippen LogP contribution in [-0.4, -0.2) is 19.8 Å². The lowest BCUT2D eigenvalue weighted by atomic mass is 9.95. The first-order chi connectivity index (χ1) is 8.69. The molecule has 1 heterocycles. The van der Waals surface area contributed by atoms with Gasteiger partial charge in [-0.3, -0.25) is 0 Å². The van der Waals surface area contributed by atoms with Crippen molar-refractivity contribution >= 4 is 10.8 Å². The van der Waals surface area contributed by atoms with Gasteiger partial charge in [0.1, 0.15) is 18.1 Å². The van der Waals surface area contributed by atoms with Gasteiger partial charge in [-0.15, -0.1) is 0 Å². The third kappa shape index (κ3) is 1.71.